The van der Waals surface area contributed by atoms with Gasteiger partial charge in [-0.1, -0.05) is 63.8 Å². The minimum atomic E-state index is -1.01. The predicted octanol–water partition coefficient (Wildman–Crippen LogP) is 3.92. The van der Waals surface area contributed by atoms with Gasteiger partial charge >= 0.3 is 11.9 Å². The molecule has 1 aromatic rings. The molecule has 3 N–H and O–H groups in total. The van der Waals surface area contributed by atoms with Crippen LogP contribution < -0.4 is 5.32 Å². The first-order chi connectivity index (χ1) is 15.2. The number of carbonyl (C=O) groups excluding carboxylic acids is 1. The highest BCUT2D eigenvalue weighted by atomic mass is 16.4. The van der Waals surface area contributed by atoms with E-state index in [2.05, 4.69) is 43.4 Å². The first-order valence-electron chi connectivity index (χ1n) is 11.7. The highest BCUT2D eigenvalue weighted by molar-refractivity contribution is 5.83. The molecule has 0 aromatic heterocycles. The Labute approximate surface area is 192 Å². The summed E-state index contributed by atoms with van der Waals surface area (Å²) in [5.74, 6) is -1.51. The average molecular weight is 449 g/mol. The molecule has 1 rings (SSSR count). The van der Waals surface area contributed by atoms with Crippen molar-refractivity contribution >= 4 is 17.8 Å². The van der Waals surface area contributed by atoms with Crippen LogP contribution in [-0.4, -0.2) is 59.1 Å². The van der Waals surface area contributed by atoms with E-state index in [4.69, 9.17) is 10.2 Å². The number of carbonyl (C=O) groups is 3. The van der Waals surface area contributed by atoms with Gasteiger partial charge in [-0.05, 0) is 49.8 Å². The van der Waals surface area contributed by atoms with Crippen molar-refractivity contribution in [1.82, 2.24) is 10.2 Å². The number of benzene rings is 1. The summed E-state index contributed by atoms with van der Waals surface area (Å²) in [6.45, 7) is 6.99. The van der Waals surface area contributed by atoms with Crippen LogP contribution in [0.25, 0.3) is 0 Å². The molecule has 0 spiro atoms. The summed E-state index contributed by atoms with van der Waals surface area (Å²) in [4.78, 5) is 35.4. The highest BCUT2D eigenvalue weighted by Crippen LogP contribution is 2.18. The lowest BCUT2D eigenvalue weighted by atomic mass is 9.96. The summed E-state index contributed by atoms with van der Waals surface area (Å²) in [5.41, 5.74) is 2.34. The van der Waals surface area contributed by atoms with E-state index in [0.29, 0.717) is 19.0 Å². The van der Waals surface area contributed by atoms with Crippen LogP contribution in [0.1, 0.15) is 76.3 Å². The molecular formula is C25H40N2O5. The van der Waals surface area contributed by atoms with E-state index in [0.717, 1.165) is 50.5 Å². The van der Waals surface area contributed by atoms with Crippen LogP contribution in [0.3, 0.4) is 0 Å². The third-order valence-electron chi connectivity index (χ3n) is 5.44. The minimum Gasteiger partial charge on any atom is -0.480 e. The second-order valence-electron chi connectivity index (χ2n) is 8.97. The van der Waals surface area contributed by atoms with E-state index in [1.165, 1.54) is 10.5 Å². The number of hydrogen-bond acceptors (Lipinski definition) is 4. The third kappa shape index (κ3) is 12.4. The molecule has 0 saturated carbocycles. The van der Waals surface area contributed by atoms with Crippen molar-refractivity contribution in [3.8, 4) is 0 Å². The maximum absolute atomic E-state index is 12.4. The number of nitrogens with one attached hydrogen (secondary N) is 1. The molecule has 0 fully saturated rings. The van der Waals surface area contributed by atoms with Gasteiger partial charge in [-0.15, -0.1) is 0 Å². The zero-order valence-corrected chi connectivity index (χ0v) is 19.8. The normalized spacial score (nSPS) is 12.2. The number of hydrogen-bond donors (Lipinski definition) is 3. The molecule has 32 heavy (non-hydrogen) atoms. The largest absolute Gasteiger partial charge is 0.480 e. The molecule has 1 amide bonds. The molecule has 0 heterocycles. The van der Waals surface area contributed by atoms with Gasteiger partial charge in [0.1, 0.15) is 0 Å². The number of nitrogens with zero attached hydrogens (tertiary/aromatic N) is 1. The third-order valence-corrected chi connectivity index (χ3v) is 5.44. The van der Waals surface area contributed by atoms with Gasteiger partial charge in [-0.3, -0.25) is 19.3 Å². The van der Waals surface area contributed by atoms with Gasteiger partial charge in [0.2, 0.25) is 5.91 Å². The Morgan fingerprint density at radius 3 is 1.91 bits per heavy atom. The van der Waals surface area contributed by atoms with Crippen molar-refractivity contribution in [2.45, 2.75) is 71.6 Å². The van der Waals surface area contributed by atoms with E-state index >= 15 is 0 Å². The molecule has 0 radical (unpaired) electrons. The second kappa shape index (κ2) is 15.4. The lowest BCUT2D eigenvalue weighted by Crippen LogP contribution is -2.35. The molecular weight excluding hydrogens is 408 g/mol. The van der Waals surface area contributed by atoms with Crippen molar-refractivity contribution in [2.75, 3.05) is 26.2 Å². The molecule has 0 aliphatic rings. The molecule has 7 heteroatoms. The van der Waals surface area contributed by atoms with Crippen molar-refractivity contribution in [3.05, 3.63) is 35.4 Å². The highest BCUT2D eigenvalue weighted by Gasteiger charge is 2.15. The molecule has 1 aromatic carbocycles. The number of rotatable bonds is 17. The fourth-order valence-corrected chi connectivity index (χ4v) is 3.69. The SMILES string of the molecule is CC(C)Cc1ccc([C@H](C)C(=O)NCCCCCCCCN(CC(=O)O)CC(=O)O)cc1. The van der Waals surface area contributed by atoms with Gasteiger partial charge in [0.15, 0.2) is 0 Å². The fourth-order valence-electron chi connectivity index (χ4n) is 3.69. The summed E-state index contributed by atoms with van der Waals surface area (Å²) in [6, 6.07) is 8.33. The van der Waals surface area contributed by atoms with E-state index in [1.807, 2.05) is 6.92 Å². The smallest absolute Gasteiger partial charge is 0.317 e. The van der Waals surface area contributed by atoms with E-state index in [1.54, 1.807) is 0 Å². The van der Waals surface area contributed by atoms with Crippen molar-refractivity contribution in [2.24, 2.45) is 5.92 Å². The van der Waals surface area contributed by atoms with Crippen LogP contribution in [-0.2, 0) is 20.8 Å². The number of carboxylic acid groups (broad SMARTS) is 2. The van der Waals surface area contributed by atoms with Gasteiger partial charge in [0.05, 0.1) is 19.0 Å². The zero-order valence-electron chi connectivity index (χ0n) is 19.8. The Balaban J connectivity index is 2.15. The Morgan fingerprint density at radius 2 is 1.38 bits per heavy atom. The van der Waals surface area contributed by atoms with Crippen LogP contribution >= 0.6 is 0 Å². The molecule has 0 unspecified atom stereocenters. The molecule has 1 atom stereocenters. The van der Waals surface area contributed by atoms with Crippen molar-refractivity contribution in [3.63, 3.8) is 0 Å². The number of amides is 1. The first-order valence-corrected chi connectivity index (χ1v) is 11.7. The van der Waals surface area contributed by atoms with E-state index in [-0.39, 0.29) is 24.9 Å². The van der Waals surface area contributed by atoms with Gasteiger partial charge in [0.25, 0.3) is 0 Å². The number of carboxylic acids is 2. The minimum absolute atomic E-state index is 0.0542. The molecule has 0 bridgehead atoms. The Kier molecular flexibility index (Phi) is 13.3. The monoisotopic (exact) mass is 448 g/mol. The van der Waals surface area contributed by atoms with E-state index in [9.17, 15) is 14.4 Å². The number of aliphatic carboxylic acids is 2. The summed E-state index contributed by atoms with van der Waals surface area (Å²) in [7, 11) is 0. The second-order valence-corrected chi connectivity index (χ2v) is 8.97. The lowest BCUT2D eigenvalue weighted by Gasteiger charge is -2.17. The maximum Gasteiger partial charge on any atom is 0.317 e. The number of unbranched alkanes of at least 4 members (excludes halogenated alkanes) is 5. The molecule has 0 saturated heterocycles. The fraction of sp³-hybridized carbons (Fsp3) is 0.640. The van der Waals surface area contributed by atoms with Gasteiger partial charge in [0, 0.05) is 6.54 Å². The summed E-state index contributed by atoms with van der Waals surface area (Å²) < 4.78 is 0. The van der Waals surface area contributed by atoms with Crippen molar-refractivity contribution < 1.29 is 24.6 Å². The molecule has 0 aliphatic heterocycles. The maximum atomic E-state index is 12.4. The predicted molar refractivity (Wildman–Crippen MR) is 126 cm³/mol. The molecule has 0 aliphatic carbocycles. The standard InChI is InChI=1S/C25H40N2O5/c1-19(2)16-21-10-12-22(13-11-21)20(3)25(32)26-14-8-6-4-5-7-9-15-27(17-23(28)29)18-24(30)31/h10-13,19-20H,4-9,14-18H2,1-3H3,(H,26,32)(H,28,29)(H,30,31)/t20-/m0/s1. The summed E-state index contributed by atoms with van der Waals surface area (Å²) in [5, 5.41) is 20.7. The van der Waals surface area contributed by atoms with Crippen LogP contribution in [0, 0.1) is 5.92 Å². The topological polar surface area (TPSA) is 107 Å². The van der Waals surface area contributed by atoms with Crippen LogP contribution in [0.2, 0.25) is 0 Å². The van der Waals surface area contributed by atoms with Crippen LogP contribution in [0.4, 0.5) is 0 Å². The first kappa shape index (κ1) is 27.6. The quantitative estimate of drug-likeness (QED) is 0.312. The summed E-state index contributed by atoms with van der Waals surface area (Å²) in [6.07, 6.45) is 6.77. The molecule has 180 valence electrons. The summed E-state index contributed by atoms with van der Waals surface area (Å²) >= 11 is 0. The lowest BCUT2D eigenvalue weighted by molar-refractivity contribution is -0.141. The van der Waals surface area contributed by atoms with Crippen LogP contribution in [0.15, 0.2) is 24.3 Å². The zero-order chi connectivity index (χ0) is 23.9. The average Bonchev–Trinajstić information content (AvgIpc) is 2.71. The van der Waals surface area contributed by atoms with Crippen LogP contribution in [0.5, 0.6) is 0 Å². The van der Waals surface area contributed by atoms with Crippen molar-refractivity contribution in [1.29, 1.82) is 0 Å². The van der Waals surface area contributed by atoms with Gasteiger partial charge < -0.3 is 15.5 Å². The van der Waals surface area contributed by atoms with Gasteiger partial charge in [-0.2, -0.15) is 0 Å². The van der Waals surface area contributed by atoms with Gasteiger partial charge in [-0.25, -0.2) is 0 Å². The Morgan fingerprint density at radius 1 is 0.844 bits per heavy atom. The Hall–Kier alpha value is -2.41. The molecule has 7 nitrogen and oxygen atoms in total. The Bertz CT molecular complexity index is 687. The van der Waals surface area contributed by atoms with E-state index < -0.39 is 11.9 Å².